The number of amides is 4. The molecule has 10 heteroatoms. The lowest BCUT2D eigenvalue weighted by Gasteiger charge is -2.29. The molecule has 0 bridgehead atoms. The third kappa shape index (κ3) is 8.17. The van der Waals surface area contributed by atoms with E-state index in [4.69, 9.17) is 11.5 Å². The summed E-state index contributed by atoms with van der Waals surface area (Å²) in [6.45, 7) is 0.372. The van der Waals surface area contributed by atoms with Crippen LogP contribution in [0.15, 0.2) is 84.9 Å². The molecule has 0 aliphatic carbocycles. The number of nitrogens with zero attached hydrogens (tertiary/aromatic N) is 1. The van der Waals surface area contributed by atoms with Crippen molar-refractivity contribution >= 4 is 23.6 Å². The number of hydrogen-bond acceptors (Lipinski definition) is 6. The molecular weight excluding hydrogens is 534 g/mol. The van der Waals surface area contributed by atoms with E-state index in [1.165, 1.54) is 17.0 Å². The highest BCUT2D eigenvalue weighted by Gasteiger charge is 2.38. The molecule has 4 rings (SSSR count). The van der Waals surface area contributed by atoms with E-state index < -0.39 is 41.9 Å². The molecule has 0 saturated carbocycles. The minimum atomic E-state index is -1.01. The van der Waals surface area contributed by atoms with Gasteiger partial charge in [0.15, 0.2) is 0 Å². The molecular formula is C32H37N5O5. The van der Waals surface area contributed by atoms with Gasteiger partial charge in [0, 0.05) is 19.4 Å². The van der Waals surface area contributed by atoms with Gasteiger partial charge < -0.3 is 32.1 Å². The molecule has 0 radical (unpaired) electrons. The molecule has 42 heavy (non-hydrogen) atoms. The van der Waals surface area contributed by atoms with E-state index in [0.717, 1.165) is 16.7 Å². The van der Waals surface area contributed by atoms with Gasteiger partial charge in [0.1, 0.15) is 23.9 Å². The van der Waals surface area contributed by atoms with Gasteiger partial charge in [0.05, 0.1) is 6.04 Å². The zero-order chi connectivity index (χ0) is 30.1. The number of nitrogens with one attached hydrogen (secondary N) is 2. The highest BCUT2D eigenvalue weighted by Crippen LogP contribution is 2.20. The number of benzene rings is 3. The Hall–Kier alpha value is -4.70. The van der Waals surface area contributed by atoms with Crippen LogP contribution in [-0.2, 0) is 38.4 Å². The number of carbonyl (C=O) groups is 4. The summed E-state index contributed by atoms with van der Waals surface area (Å²) in [6, 6.07) is 21.2. The van der Waals surface area contributed by atoms with Crippen molar-refractivity contribution < 1.29 is 24.3 Å². The number of phenols is 1. The quantitative estimate of drug-likeness (QED) is 0.219. The predicted octanol–water partition coefficient (Wildman–Crippen LogP) is 1.19. The first-order valence-corrected chi connectivity index (χ1v) is 14.0. The van der Waals surface area contributed by atoms with Gasteiger partial charge in [-0.2, -0.15) is 0 Å². The number of nitrogens with two attached hydrogens (primary N) is 2. The Labute approximate surface area is 245 Å². The SMILES string of the molecule is NC(=O)[C@@H](Cc1ccccc1)NC(=O)[C@H](Cc1ccccc1)NC(=O)[C@@H]1CCCN1C(=O)[C@@H](N)Cc1ccc(O)cc1. The van der Waals surface area contributed by atoms with Gasteiger partial charge in [-0.15, -0.1) is 0 Å². The van der Waals surface area contributed by atoms with Crippen LogP contribution in [0.2, 0.25) is 0 Å². The minimum absolute atomic E-state index is 0.117. The fourth-order valence-electron chi connectivity index (χ4n) is 5.16. The smallest absolute Gasteiger partial charge is 0.243 e. The standard InChI is InChI=1S/C32H37N5O5/c33-25(18-23-13-15-24(38)16-14-23)32(42)37-17-7-12-28(37)31(41)36-27(20-22-10-5-2-6-11-22)30(40)35-26(29(34)39)19-21-8-3-1-4-9-21/h1-6,8-11,13-16,25-28,38H,7,12,17-20,33H2,(H2,34,39)(H,35,40)(H,36,41)/t25-,26+,27-,28-/m0/s1. The van der Waals surface area contributed by atoms with Crippen LogP contribution in [0, 0.1) is 0 Å². The molecule has 1 aliphatic rings. The van der Waals surface area contributed by atoms with Gasteiger partial charge in [-0.1, -0.05) is 72.8 Å². The topological polar surface area (TPSA) is 168 Å². The molecule has 0 spiro atoms. The Balaban J connectivity index is 1.46. The summed E-state index contributed by atoms with van der Waals surface area (Å²) in [5, 5.41) is 15.1. The maximum absolute atomic E-state index is 13.5. The maximum Gasteiger partial charge on any atom is 0.243 e. The van der Waals surface area contributed by atoms with Gasteiger partial charge in [0.25, 0.3) is 0 Å². The highest BCUT2D eigenvalue weighted by atomic mass is 16.3. The Bertz CT molecular complexity index is 1370. The first-order chi connectivity index (χ1) is 20.2. The van der Waals surface area contributed by atoms with Gasteiger partial charge in [-0.05, 0) is 48.1 Å². The Kier molecular flexibility index (Phi) is 10.3. The third-order valence-electron chi connectivity index (χ3n) is 7.41. The van der Waals surface area contributed by atoms with Crippen LogP contribution in [0.4, 0.5) is 0 Å². The average molecular weight is 572 g/mol. The molecule has 4 amide bonds. The normalized spacial score (nSPS) is 16.7. The fraction of sp³-hybridized carbons (Fsp3) is 0.312. The summed E-state index contributed by atoms with van der Waals surface area (Å²) in [5.74, 6) is -1.95. The Morgan fingerprint density at radius 3 is 1.90 bits per heavy atom. The first kappa shape index (κ1) is 30.3. The number of likely N-dealkylation sites (tertiary alicyclic amines) is 1. The van der Waals surface area contributed by atoms with Crippen LogP contribution in [-0.4, -0.2) is 64.3 Å². The molecule has 1 heterocycles. The van der Waals surface area contributed by atoms with Crippen LogP contribution in [0.25, 0.3) is 0 Å². The van der Waals surface area contributed by atoms with Crippen LogP contribution in [0.5, 0.6) is 5.75 Å². The van der Waals surface area contributed by atoms with E-state index in [-0.39, 0.29) is 30.9 Å². The van der Waals surface area contributed by atoms with E-state index >= 15 is 0 Å². The number of rotatable bonds is 12. The molecule has 1 saturated heterocycles. The lowest BCUT2D eigenvalue weighted by atomic mass is 10.0. The summed E-state index contributed by atoms with van der Waals surface area (Å²) in [6.07, 6.45) is 1.68. The van der Waals surface area contributed by atoms with E-state index in [9.17, 15) is 24.3 Å². The van der Waals surface area contributed by atoms with Gasteiger partial charge >= 0.3 is 0 Å². The van der Waals surface area contributed by atoms with E-state index in [0.29, 0.717) is 19.4 Å². The third-order valence-corrected chi connectivity index (χ3v) is 7.41. The average Bonchev–Trinajstić information content (AvgIpc) is 3.48. The number of phenolic OH excluding ortho intramolecular Hbond substituents is 1. The fourth-order valence-corrected chi connectivity index (χ4v) is 5.16. The van der Waals surface area contributed by atoms with Crippen molar-refractivity contribution in [3.8, 4) is 5.75 Å². The summed E-state index contributed by atoms with van der Waals surface area (Å²) in [7, 11) is 0. The van der Waals surface area contributed by atoms with Crippen molar-refractivity contribution in [1.29, 1.82) is 0 Å². The van der Waals surface area contributed by atoms with Crippen molar-refractivity contribution in [2.75, 3.05) is 6.54 Å². The summed E-state index contributed by atoms with van der Waals surface area (Å²) < 4.78 is 0. The van der Waals surface area contributed by atoms with Crippen molar-refractivity contribution in [3.63, 3.8) is 0 Å². The highest BCUT2D eigenvalue weighted by molar-refractivity contribution is 5.95. The molecule has 1 fully saturated rings. The lowest BCUT2D eigenvalue weighted by molar-refractivity contribution is -0.140. The molecule has 220 valence electrons. The van der Waals surface area contributed by atoms with Crippen molar-refractivity contribution in [1.82, 2.24) is 15.5 Å². The molecule has 4 atom stereocenters. The second kappa shape index (κ2) is 14.3. The Morgan fingerprint density at radius 2 is 1.33 bits per heavy atom. The number of aromatic hydroxyl groups is 1. The minimum Gasteiger partial charge on any atom is -0.508 e. The van der Waals surface area contributed by atoms with Crippen LogP contribution in [0.3, 0.4) is 0 Å². The summed E-state index contributed by atoms with van der Waals surface area (Å²) in [4.78, 5) is 54.0. The predicted molar refractivity (Wildman–Crippen MR) is 158 cm³/mol. The van der Waals surface area contributed by atoms with Crippen molar-refractivity contribution in [3.05, 3.63) is 102 Å². The molecule has 3 aromatic rings. The van der Waals surface area contributed by atoms with E-state index in [1.54, 1.807) is 12.1 Å². The van der Waals surface area contributed by atoms with E-state index in [1.807, 2.05) is 60.7 Å². The molecule has 7 N–H and O–H groups in total. The second-order valence-electron chi connectivity index (χ2n) is 10.6. The molecule has 3 aromatic carbocycles. The van der Waals surface area contributed by atoms with Gasteiger partial charge in [0.2, 0.25) is 23.6 Å². The van der Waals surface area contributed by atoms with Crippen molar-refractivity contribution in [2.24, 2.45) is 11.5 Å². The summed E-state index contributed by atoms with van der Waals surface area (Å²) in [5.41, 5.74) is 14.3. The van der Waals surface area contributed by atoms with Crippen molar-refractivity contribution in [2.45, 2.75) is 56.3 Å². The zero-order valence-electron chi connectivity index (χ0n) is 23.3. The monoisotopic (exact) mass is 571 g/mol. The molecule has 10 nitrogen and oxygen atoms in total. The zero-order valence-corrected chi connectivity index (χ0v) is 23.3. The van der Waals surface area contributed by atoms with Gasteiger partial charge in [-0.3, -0.25) is 19.2 Å². The Morgan fingerprint density at radius 1 is 0.786 bits per heavy atom. The maximum atomic E-state index is 13.5. The van der Waals surface area contributed by atoms with Crippen LogP contribution < -0.4 is 22.1 Å². The largest absolute Gasteiger partial charge is 0.508 e. The van der Waals surface area contributed by atoms with Crippen LogP contribution >= 0.6 is 0 Å². The van der Waals surface area contributed by atoms with Crippen LogP contribution in [0.1, 0.15) is 29.5 Å². The van der Waals surface area contributed by atoms with Gasteiger partial charge in [-0.25, -0.2) is 0 Å². The molecule has 0 unspecified atom stereocenters. The molecule has 1 aliphatic heterocycles. The lowest BCUT2D eigenvalue weighted by Crippen LogP contribution is -2.58. The van der Waals surface area contributed by atoms with E-state index in [2.05, 4.69) is 10.6 Å². The second-order valence-corrected chi connectivity index (χ2v) is 10.6. The first-order valence-electron chi connectivity index (χ1n) is 14.0. The molecule has 0 aromatic heterocycles. The number of carbonyl (C=O) groups excluding carboxylic acids is 4. The summed E-state index contributed by atoms with van der Waals surface area (Å²) >= 11 is 0. The number of hydrogen-bond donors (Lipinski definition) is 5. The number of primary amides is 1.